The van der Waals surface area contributed by atoms with Gasteiger partial charge in [0, 0.05) is 24.3 Å². The number of hydroxylamine groups is 2. The Morgan fingerprint density at radius 1 is 0.828 bits per heavy atom. The molecule has 4 rings (SSSR count). The molecule has 2 N–H and O–H groups in total. The van der Waals surface area contributed by atoms with E-state index in [9.17, 15) is 34.2 Å². The normalized spacial score (nSPS) is 15.3. The largest absolute Gasteiger partial charge is 0.493 e. The monoisotopic (exact) mass is 398 g/mol. The summed E-state index contributed by atoms with van der Waals surface area (Å²) in [6.45, 7) is 0. The number of aromatic nitrogens is 1. The number of carbonyl (C=O) groups excluding carboxylic acids is 5. The molecule has 12 heteroatoms. The first-order valence-corrected chi connectivity index (χ1v) is 7.97. The van der Waals surface area contributed by atoms with E-state index < -0.39 is 41.5 Å². The van der Waals surface area contributed by atoms with Crippen LogP contribution in [0.4, 0.5) is 4.79 Å². The third kappa shape index (κ3) is 2.58. The molecular weight excluding hydrogens is 388 g/mol. The molecule has 0 radical (unpaired) electrons. The first-order chi connectivity index (χ1) is 13.8. The average molecular weight is 398 g/mol. The summed E-state index contributed by atoms with van der Waals surface area (Å²) in [6.07, 6.45) is 0.0748. The van der Waals surface area contributed by atoms with Gasteiger partial charge in [-0.05, 0) is 12.1 Å². The van der Waals surface area contributed by atoms with Crippen molar-refractivity contribution >= 4 is 29.7 Å². The second-order valence-corrected chi connectivity index (χ2v) is 5.78. The highest BCUT2D eigenvalue weighted by Crippen LogP contribution is 2.29. The van der Waals surface area contributed by atoms with E-state index >= 15 is 0 Å². The van der Waals surface area contributed by atoms with E-state index in [2.05, 4.69) is 0 Å². The molecule has 0 saturated heterocycles. The van der Waals surface area contributed by atoms with Crippen molar-refractivity contribution in [2.45, 2.75) is 0 Å². The van der Waals surface area contributed by atoms with Crippen LogP contribution in [0.15, 0.2) is 48.6 Å². The van der Waals surface area contributed by atoms with E-state index in [1.54, 1.807) is 0 Å². The van der Waals surface area contributed by atoms with E-state index in [1.165, 1.54) is 24.3 Å². The lowest BCUT2D eigenvalue weighted by Gasteiger charge is -2.30. The topological polar surface area (TPSA) is 150 Å². The summed E-state index contributed by atoms with van der Waals surface area (Å²) in [5, 5.41) is 20.6. The Morgan fingerprint density at radius 2 is 1.31 bits per heavy atom. The van der Waals surface area contributed by atoms with E-state index in [4.69, 9.17) is 4.84 Å². The Labute approximate surface area is 160 Å². The summed E-state index contributed by atoms with van der Waals surface area (Å²) < 4.78 is 0.391. The SMILES string of the molecule is O=C1C=CC(=O)N1OC(=O)N(N1C(=O)c2ccccc2C1=O)n1c(O)ccc1O. The molecule has 1 aromatic carbocycles. The van der Waals surface area contributed by atoms with Crippen LogP contribution in [0.5, 0.6) is 11.8 Å². The van der Waals surface area contributed by atoms with Crippen molar-refractivity contribution in [3.8, 4) is 11.8 Å². The van der Waals surface area contributed by atoms with Crippen LogP contribution >= 0.6 is 0 Å². The number of nitrogens with zero attached hydrogens (tertiary/aromatic N) is 4. The molecule has 2 aliphatic heterocycles. The van der Waals surface area contributed by atoms with Crippen LogP contribution in [0.25, 0.3) is 0 Å². The van der Waals surface area contributed by atoms with E-state index in [1.807, 2.05) is 0 Å². The number of hydrazine groups is 1. The third-order valence-corrected chi connectivity index (χ3v) is 4.07. The molecule has 12 nitrogen and oxygen atoms in total. The summed E-state index contributed by atoms with van der Waals surface area (Å²) in [5.41, 5.74) is -0.0899. The summed E-state index contributed by atoms with van der Waals surface area (Å²) >= 11 is 0. The number of fused-ring (bicyclic) bond motifs is 1. The average Bonchev–Trinajstić information content (AvgIpc) is 3.28. The van der Waals surface area contributed by atoms with E-state index in [0.29, 0.717) is 9.69 Å². The number of amides is 5. The molecule has 5 amide bonds. The number of benzene rings is 1. The van der Waals surface area contributed by atoms with Crippen LogP contribution in [0, 0.1) is 0 Å². The second-order valence-electron chi connectivity index (χ2n) is 5.78. The van der Waals surface area contributed by atoms with Gasteiger partial charge in [-0.1, -0.05) is 22.3 Å². The first-order valence-electron chi connectivity index (χ1n) is 7.97. The van der Waals surface area contributed by atoms with Crippen molar-refractivity contribution < 1.29 is 39.0 Å². The molecule has 0 spiro atoms. The van der Waals surface area contributed by atoms with Gasteiger partial charge < -0.3 is 15.1 Å². The lowest BCUT2D eigenvalue weighted by molar-refractivity contribution is -0.169. The van der Waals surface area contributed by atoms with Crippen LogP contribution in [0.2, 0.25) is 0 Å². The maximum absolute atomic E-state index is 12.8. The summed E-state index contributed by atoms with van der Waals surface area (Å²) in [7, 11) is 0. The van der Waals surface area contributed by atoms with E-state index in [-0.39, 0.29) is 21.3 Å². The lowest BCUT2D eigenvalue weighted by Crippen LogP contribution is -2.57. The van der Waals surface area contributed by atoms with Crippen molar-refractivity contribution in [2.75, 3.05) is 5.12 Å². The van der Waals surface area contributed by atoms with Crippen molar-refractivity contribution in [3.63, 3.8) is 0 Å². The van der Waals surface area contributed by atoms with Gasteiger partial charge in [-0.2, -0.15) is 9.69 Å². The Balaban J connectivity index is 1.78. The number of aromatic hydroxyl groups is 2. The molecule has 0 atom stereocenters. The highest BCUT2D eigenvalue weighted by Gasteiger charge is 2.45. The predicted molar refractivity (Wildman–Crippen MR) is 90.4 cm³/mol. The number of imide groups is 2. The van der Waals surface area contributed by atoms with Crippen LogP contribution < -0.4 is 5.12 Å². The predicted octanol–water partition coefficient (Wildman–Crippen LogP) is 0.0251. The number of hydrogen-bond donors (Lipinski definition) is 2. The van der Waals surface area contributed by atoms with Crippen molar-refractivity contribution in [3.05, 3.63) is 59.7 Å². The van der Waals surface area contributed by atoms with Gasteiger partial charge in [-0.25, -0.2) is 4.79 Å². The Kier molecular flexibility index (Phi) is 3.82. The summed E-state index contributed by atoms with van der Waals surface area (Å²) in [6, 6.07) is 7.61. The maximum atomic E-state index is 12.8. The van der Waals surface area contributed by atoms with Gasteiger partial charge in [0.25, 0.3) is 23.6 Å². The fourth-order valence-electron chi connectivity index (χ4n) is 2.79. The minimum Gasteiger partial charge on any atom is -0.493 e. The van der Waals surface area contributed by atoms with Crippen LogP contribution in [-0.2, 0) is 14.4 Å². The fourth-order valence-corrected chi connectivity index (χ4v) is 2.79. The first kappa shape index (κ1) is 17.8. The van der Waals surface area contributed by atoms with Crippen molar-refractivity contribution in [1.82, 2.24) is 14.7 Å². The van der Waals surface area contributed by atoms with Gasteiger partial charge >= 0.3 is 6.09 Å². The van der Waals surface area contributed by atoms with Crippen LogP contribution in [0.3, 0.4) is 0 Å². The van der Waals surface area contributed by atoms with Gasteiger partial charge in [0.15, 0.2) is 0 Å². The molecule has 1 aromatic heterocycles. The smallest absolute Gasteiger partial charge is 0.474 e. The quantitative estimate of drug-likeness (QED) is 0.688. The molecule has 29 heavy (non-hydrogen) atoms. The third-order valence-electron chi connectivity index (χ3n) is 4.07. The molecule has 2 aromatic rings. The molecular formula is C17H10N4O8. The summed E-state index contributed by atoms with van der Waals surface area (Å²) in [5.74, 6) is -5.38. The zero-order valence-electron chi connectivity index (χ0n) is 14.3. The van der Waals surface area contributed by atoms with Gasteiger partial charge in [-0.3, -0.25) is 19.2 Å². The van der Waals surface area contributed by atoms with Crippen molar-refractivity contribution in [2.24, 2.45) is 0 Å². The molecule has 0 aliphatic carbocycles. The van der Waals surface area contributed by atoms with Crippen LogP contribution in [-0.4, -0.2) is 54.7 Å². The van der Waals surface area contributed by atoms with Gasteiger partial charge in [0.05, 0.1) is 11.1 Å². The van der Waals surface area contributed by atoms with Gasteiger partial charge in [-0.15, -0.1) is 0 Å². The van der Waals surface area contributed by atoms with Gasteiger partial charge in [0.1, 0.15) is 0 Å². The molecule has 0 fully saturated rings. The summed E-state index contributed by atoms with van der Waals surface area (Å²) in [4.78, 5) is 66.3. The molecule has 0 bridgehead atoms. The van der Waals surface area contributed by atoms with Crippen LogP contribution in [0.1, 0.15) is 20.7 Å². The molecule has 2 aliphatic rings. The molecule has 146 valence electrons. The zero-order chi connectivity index (χ0) is 20.9. The number of rotatable bonds is 3. The Hall–Kier alpha value is -4.61. The maximum Gasteiger partial charge on any atom is 0.474 e. The lowest BCUT2D eigenvalue weighted by atomic mass is 10.1. The number of hydrogen-bond acceptors (Lipinski definition) is 8. The highest BCUT2D eigenvalue weighted by atomic mass is 16.7. The van der Waals surface area contributed by atoms with Crippen molar-refractivity contribution in [1.29, 1.82) is 0 Å². The minimum atomic E-state index is -1.60. The Bertz CT molecular complexity index is 1060. The fraction of sp³-hybridized carbons (Fsp3) is 0. The molecule has 3 heterocycles. The number of carbonyl (C=O) groups is 5. The second kappa shape index (κ2) is 6.23. The molecule has 0 unspecified atom stereocenters. The van der Waals surface area contributed by atoms with Gasteiger partial charge in [0.2, 0.25) is 11.8 Å². The Morgan fingerprint density at radius 3 is 1.79 bits per heavy atom. The zero-order valence-corrected chi connectivity index (χ0v) is 14.3. The molecule has 0 saturated carbocycles. The highest BCUT2D eigenvalue weighted by molar-refractivity contribution is 6.23. The minimum absolute atomic E-state index is 0.0450. The standard InChI is InChI=1S/C17H10N4O8/c22-11-5-6-12(23)18(11)21(17(28)29-20-13(24)7-8-14(20)25)19-15(26)9-3-1-2-4-10(9)16(19)27/h1-8,22-23H. The van der Waals surface area contributed by atoms with E-state index in [0.717, 1.165) is 24.3 Å².